The second-order valence-corrected chi connectivity index (χ2v) is 5.07. The Bertz CT molecular complexity index is 498. The molecule has 0 spiro atoms. The van der Waals surface area contributed by atoms with Crippen LogP contribution in [-0.4, -0.2) is 43.3 Å². The van der Waals surface area contributed by atoms with Crippen molar-refractivity contribution in [2.24, 2.45) is 5.73 Å². The van der Waals surface area contributed by atoms with Gasteiger partial charge in [0.05, 0.1) is 36.0 Å². The number of ether oxygens (including phenoxy) is 1. The van der Waals surface area contributed by atoms with Gasteiger partial charge in [0.1, 0.15) is 5.84 Å². The average molecular weight is 332 g/mol. The molecule has 1 heterocycles. The van der Waals surface area contributed by atoms with E-state index in [9.17, 15) is 9.50 Å². The molecule has 2 rings (SSSR count). The van der Waals surface area contributed by atoms with E-state index >= 15 is 0 Å². The van der Waals surface area contributed by atoms with Crippen LogP contribution >= 0.6 is 15.9 Å². The van der Waals surface area contributed by atoms with Gasteiger partial charge in [-0.3, -0.25) is 5.41 Å². The molecule has 1 aliphatic rings. The van der Waals surface area contributed by atoms with Crippen molar-refractivity contribution < 1.29 is 14.2 Å². The van der Waals surface area contributed by atoms with Crippen molar-refractivity contribution in [3.05, 3.63) is 28.0 Å². The first-order valence-electron chi connectivity index (χ1n) is 5.84. The Kier molecular flexibility index (Phi) is 4.38. The summed E-state index contributed by atoms with van der Waals surface area (Å²) in [5.41, 5.74) is 6.07. The van der Waals surface area contributed by atoms with E-state index in [4.69, 9.17) is 15.9 Å². The Balaban J connectivity index is 2.39. The fourth-order valence-electron chi connectivity index (χ4n) is 2.09. The molecule has 0 aliphatic carbocycles. The van der Waals surface area contributed by atoms with Gasteiger partial charge in [0.25, 0.3) is 0 Å². The number of hydrogen-bond donors (Lipinski definition) is 3. The summed E-state index contributed by atoms with van der Waals surface area (Å²) in [5.74, 6) is -0.675. The Morgan fingerprint density at radius 1 is 1.63 bits per heavy atom. The molecule has 104 valence electrons. The Morgan fingerprint density at radius 3 is 3.00 bits per heavy atom. The van der Waals surface area contributed by atoms with E-state index in [1.165, 1.54) is 0 Å². The van der Waals surface area contributed by atoms with Crippen LogP contribution in [0.15, 0.2) is 16.6 Å². The smallest absolute Gasteiger partial charge is 0.161 e. The lowest BCUT2D eigenvalue weighted by Crippen LogP contribution is -2.48. The molecule has 1 unspecified atom stereocenters. The van der Waals surface area contributed by atoms with Gasteiger partial charge in [-0.05, 0) is 28.1 Å². The number of halogens is 2. The van der Waals surface area contributed by atoms with Crippen LogP contribution in [0.5, 0.6) is 0 Å². The van der Waals surface area contributed by atoms with E-state index in [-0.39, 0.29) is 23.0 Å². The monoisotopic (exact) mass is 331 g/mol. The first-order valence-corrected chi connectivity index (χ1v) is 6.63. The van der Waals surface area contributed by atoms with Crippen molar-refractivity contribution in [3.63, 3.8) is 0 Å². The molecule has 19 heavy (non-hydrogen) atoms. The SMILES string of the molecule is N=C(N)c1ccc(N2CCOCC2CO)c(F)c1Br. The maximum absolute atomic E-state index is 14.4. The Labute approximate surface area is 118 Å². The van der Waals surface area contributed by atoms with Crippen LogP contribution in [0.3, 0.4) is 0 Å². The van der Waals surface area contributed by atoms with E-state index in [0.29, 0.717) is 31.0 Å². The zero-order valence-electron chi connectivity index (χ0n) is 10.2. The minimum atomic E-state index is -0.479. The molecule has 0 aromatic heterocycles. The van der Waals surface area contributed by atoms with Crippen molar-refractivity contribution >= 4 is 27.5 Å². The molecule has 0 radical (unpaired) electrons. The highest BCUT2D eigenvalue weighted by Crippen LogP contribution is 2.31. The Morgan fingerprint density at radius 2 is 2.37 bits per heavy atom. The van der Waals surface area contributed by atoms with Gasteiger partial charge >= 0.3 is 0 Å². The molecule has 0 amide bonds. The lowest BCUT2D eigenvalue weighted by atomic mass is 10.1. The van der Waals surface area contributed by atoms with Crippen LogP contribution in [0.4, 0.5) is 10.1 Å². The zero-order valence-corrected chi connectivity index (χ0v) is 11.8. The number of morpholine rings is 1. The summed E-state index contributed by atoms with van der Waals surface area (Å²) in [6, 6.07) is 2.90. The normalized spacial score (nSPS) is 19.5. The second-order valence-electron chi connectivity index (χ2n) is 4.28. The number of aliphatic hydroxyl groups excluding tert-OH is 1. The number of aliphatic hydroxyl groups is 1. The predicted molar refractivity (Wildman–Crippen MR) is 74.2 cm³/mol. The molecule has 1 atom stereocenters. The maximum atomic E-state index is 14.4. The third-order valence-corrected chi connectivity index (χ3v) is 3.88. The summed E-state index contributed by atoms with van der Waals surface area (Å²) in [5, 5.41) is 16.7. The van der Waals surface area contributed by atoms with Crippen LogP contribution in [-0.2, 0) is 4.74 Å². The molecule has 5 nitrogen and oxygen atoms in total. The fraction of sp³-hybridized carbons (Fsp3) is 0.417. The van der Waals surface area contributed by atoms with Gasteiger partial charge in [-0.2, -0.15) is 0 Å². The topological polar surface area (TPSA) is 82.6 Å². The van der Waals surface area contributed by atoms with E-state index in [0.717, 1.165) is 0 Å². The molecule has 7 heteroatoms. The molecular weight excluding hydrogens is 317 g/mol. The van der Waals surface area contributed by atoms with Crippen molar-refractivity contribution in [2.45, 2.75) is 6.04 Å². The number of rotatable bonds is 3. The fourth-order valence-corrected chi connectivity index (χ4v) is 2.64. The summed E-state index contributed by atoms with van der Waals surface area (Å²) < 4.78 is 19.8. The number of hydrogen-bond acceptors (Lipinski definition) is 4. The van der Waals surface area contributed by atoms with Crippen molar-refractivity contribution in [1.82, 2.24) is 0 Å². The molecule has 1 aliphatic heterocycles. The minimum absolute atomic E-state index is 0.106. The van der Waals surface area contributed by atoms with Crippen molar-refractivity contribution in [2.75, 3.05) is 31.3 Å². The van der Waals surface area contributed by atoms with Crippen LogP contribution in [0.25, 0.3) is 0 Å². The lowest BCUT2D eigenvalue weighted by molar-refractivity contribution is 0.0723. The van der Waals surface area contributed by atoms with Crippen molar-refractivity contribution in [1.29, 1.82) is 5.41 Å². The maximum Gasteiger partial charge on any atom is 0.161 e. The van der Waals surface area contributed by atoms with Gasteiger partial charge < -0.3 is 20.5 Å². The highest BCUT2D eigenvalue weighted by Gasteiger charge is 2.26. The van der Waals surface area contributed by atoms with Gasteiger partial charge in [0.15, 0.2) is 5.82 Å². The highest BCUT2D eigenvalue weighted by atomic mass is 79.9. The third kappa shape index (κ3) is 2.72. The minimum Gasteiger partial charge on any atom is -0.394 e. The molecule has 0 bridgehead atoms. The first-order chi connectivity index (χ1) is 9.06. The molecular formula is C12H15BrFN3O2. The van der Waals surface area contributed by atoms with Gasteiger partial charge in [-0.25, -0.2) is 4.39 Å². The second kappa shape index (κ2) is 5.85. The van der Waals surface area contributed by atoms with Crippen molar-refractivity contribution in [3.8, 4) is 0 Å². The number of nitrogens with one attached hydrogen (secondary N) is 1. The molecule has 1 saturated heterocycles. The van der Waals surface area contributed by atoms with Crippen LogP contribution in [0.1, 0.15) is 5.56 Å². The van der Waals surface area contributed by atoms with Gasteiger partial charge in [-0.15, -0.1) is 0 Å². The number of benzene rings is 1. The molecule has 4 N–H and O–H groups in total. The number of anilines is 1. The van der Waals surface area contributed by atoms with Crippen LogP contribution in [0.2, 0.25) is 0 Å². The van der Waals surface area contributed by atoms with Gasteiger partial charge in [0, 0.05) is 12.1 Å². The van der Waals surface area contributed by atoms with Gasteiger partial charge in [-0.1, -0.05) is 0 Å². The molecule has 0 saturated carbocycles. The quantitative estimate of drug-likeness (QED) is 0.571. The lowest BCUT2D eigenvalue weighted by Gasteiger charge is -2.36. The van der Waals surface area contributed by atoms with Crippen LogP contribution < -0.4 is 10.6 Å². The first kappa shape index (κ1) is 14.2. The third-order valence-electron chi connectivity index (χ3n) is 3.10. The largest absolute Gasteiger partial charge is 0.394 e. The number of nitrogens with two attached hydrogens (primary N) is 1. The van der Waals surface area contributed by atoms with E-state index in [1.54, 1.807) is 17.0 Å². The molecule has 1 aromatic rings. The summed E-state index contributed by atoms with van der Waals surface area (Å²) in [6.07, 6.45) is 0. The number of amidine groups is 1. The summed E-state index contributed by atoms with van der Waals surface area (Å²) in [7, 11) is 0. The Hall–Kier alpha value is -1.18. The summed E-state index contributed by atoms with van der Waals surface area (Å²) >= 11 is 3.12. The van der Waals surface area contributed by atoms with E-state index in [1.807, 2.05) is 0 Å². The molecule has 1 aromatic carbocycles. The summed E-state index contributed by atoms with van der Waals surface area (Å²) in [6.45, 7) is 1.25. The predicted octanol–water partition coefficient (Wildman–Crippen LogP) is 1.07. The standard InChI is InChI=1S/C12H15BrFN3O2/c13-10-8(12(15)16)1-2-9(11(10)14)17-3-4-19-6-7(17)5-18/h1-2,7,18H,3-6H2,(H3,15,16). The average Bonchev–Trinajstić information content (AvgIpc) is 2.41. The zero-order chi connectivity index (χ0) is 14.0. The highest BCUT2D eigenvalue weighted by molar-refractivity contribution is 9.10. The van der Waals surface area contributed by atoms with Crippen LogP contribution in [0, 0.1) is 11.2 Å². The summed E-state index contributed by atoms with van der Waals surface area (Å²) in [4.78, 5) is 1.77. The number of nitrogens with zero attached hydrogens (tertiary/aromatic N) is 1. The van der Waals surface area contributed by atoms with E-state index < -0.39 is 5.82 Å². The van der Waals surface area contributed by atoms with E-state index in [2.05, 4.69) is 15.9 Å². The van der Waals surface area contributed by atoms with Gasteiger partial charge in [0.2, 0.25) is 0 Å². The molecule has 1 fully saturated rings. The number of nitrogen functional groups attached to an aromatic ring is 1.